The minimum atomic E-state index is 0.105. The van der Waals surface area contributed by atoms with Crippen molar-refractivity contribution in [1.82, 2.24) is 4.90 Å². The number of Topliss-reactive ketones (excluding diaryl/α,β-unsaturated/α-hetero) is 1. The number of methoxy groups -OCH3 is 1. The van der Waals surface area contributed by atoms with E-state index in [1.807, 2.05) is 58.3 Å². The lowest BCUT2D eigenvalue weighted by molar-refractivity contribution is -0.121. The summed E-state index contributed by atoms with van der Waals surface area (Å²) in [4.78, 5) is 26.0. The molecule has 1 fully saturated rings. The maximum absolute atomic E-state index is 12.3. The molecule has 1 N–H and O–H groups in total. The number of nitrogens with zero attached hydrogens (tertiary/aromatic N) is 1. The van der Waals surface area contributed by atoms with Gasteiger partial charge in [-0.2, -0.15) is 0 Å². The Morgan fingerprint density at radius 1 is 1.00 bits per heavy atom. The van der Waals surface area contributed by atoms with Crippen LogP contribution in [0, 0.1) is 25.7 Å². The van der Waals surface area contributed by atoms with Gasteiger partial charge in [0.1, 0.15) is 18.1 Å². The van der Waals surface area contributed by atoms with Gasteiger partial charge in [-0.1, -0.05) is 26.3 Å². The molecular formula is C32H48N2O4. The van der Waals surface area contributed by atoms with Crippen LogP contribution in [0.3, 0.4) is 0 Å². The van der Waals surface area contributed by atoms with Gasteiger partial charge in [0.2, 0.25) is 5.91 Å². The largest absolute Gasteiger partial charge is 0.496 e. The number of hydrogen-bond donors (Lipinski definition) is 1. The van der Waals surface area contributed by atoms with Gasteiger partial charge in [0.15, 0.2) is 5.78 Å². The number of ether oxygens (including phenoxy) is 2. The van der Waals surface area contributed by atoms with Crippen molar-refractivity contribution in [2.75, 3.05) is 39.7 Å². The van der Waals surface area contributed by atoms with E-state index in [1.54, 1.807) is 14.0 Å². The third-order valence-electron chi connectivity index (χ3n) is 7.46. The average molecular weight is 525 g/mol. The molecule has 0 heterocycles. The summed E-state index contributed by atoms with van der Waals surface area (Å²) in [7, 11) is 5.67. The van der Waals surface area contributed by atoms with Crippen molar-refractivity contribution in [3.05, 3.63) is 52.6 Å². The van der Waals surface area contributed by atoms with Gasteiger partial charge < -0.3 is 19.7 Å². The molecule has 1 aliphatic carbocycles. The molecule has 0 aromatic heterocycles. The van der Waals surface area contributed by atoms with Crippen molar-refractivity contribution in [2.24, 2.45) is 11.8 Å². The molecule has 0 bridgehead atoms. The summed E-state index contributed by atoms with van der Waals surface area (Å²) in [5, 5.41) is 3.03. The molecule has 2 aromatic rings. The van der Waals surface area contributed by atoms with Crippen LogP contribution in [0.2, 0.25) is 0 Å². The van der Waals surface area contributed by atoms with E-state index in [1.165, 1.54) is 19.3 Å². The molecule has 0 radical (unpaired) electrons. The Hall–Kier alpha value is -2.86. The topological polar surface area (TPSA) is 67.9 Å². The number of anilines is 1. The van der Waals surface area contributed by atoms with Gasteiger partial charge in [0.25, 0.3) is 0 Å². The number of carbonyl (C=O) groups is 2. The van der Waals surface area contributed by atoms with Crippen molar-refractivity contribution in [1.29, 1.82) is 0 Å². The van der Waals surface area contributed by atoms with Gasteiger partial charge in [-0.05, 0) is 108 Å². The molecule has 2 aromatic carbocycles. The maximum Gasteiger partial charge on any atom is 0.227 e. The lowest BCUT2D eigenvalue weighted by atomic mass is 9.80. The van der Waals surface area contributed by atoms with Crippen molar-refractivity contribution >= 4 is 17.4 Å². The number of hydrogen-bond acceptors (Lipinski definition) is 5. The van der Waals surface area contributed by atoms with Gasteiger partial charge in [-0.3, -0.25) is 9.59 Å². The maximum atomic E-state index is 12.3. The molecule has 0 spiro atoms. The first kappa shape index (κ1) is 31.4. The van der Waals surface area contributed by atoms with Crippen LogP contribution in [0.25, 0.3) is 0 Å². The number of amides is 1. The van der Waals surface area contributed by atoms with E-state index < -0.39 is 0 Å². The summed E-state index contributed by atoms with van der Waals surface area (Å²) >= 11 is 0. The molecule has 38 heavy (non-hydrogen) atoms. The van der Waals surface area contributed by atoms with Crippen LogP contribution in [-0.2, 0) is 11.2 Å². The molecule has 3 rings (SSSR count). The number of aryl methyl sites for hydroxylation is 2. The van der Waals surface area contributed by atoms with Gasteiger partial charge in [-0.25, -0.2) is 0 Å². The standard InChI is InChI=1S/C17H25NO2.C15H23NO2/c1-4-13-6-8-14(9-7-13)17(19)18-15-10-5-12(2)16(11-15)20-3;1-6-14-11(2)9-13(10-15(14)12(3)17)18-8-7-16(4)5/h5,10-11,13-14H,4,6-9H2,1-3H3,(H,18,19);9-10H,6-8H2,1-5H3. The first-order valence-corrected chi connectivity index (χ1v) is 14.0. The Morgan fingerprint density at radius 2 is 1.68 bits per heavy atom. The highest BCUT2D eigenvalue weighted by molar-refractivity contribution is 5.96. The summed E-state index contributed by atoms with van der Waals surface area (Å²) in [6.07, 6.45) is 6.53. The Morgan fingerprint density at radius 3 is 2.24 bits per heavy atom. The molecule has 6 nitrogen and oxygen atoms in total. The van der Waals surface area contributed by atoms with Crippen LogP contribution < -0.4 is 14.8 Å². The van der Waals surface area contributed by atoms with Gasteiger partial charge >= 0.3 is 0 Å². The van der Waals surface area contributed by atoms with Crippen LogP contribution in [0.5, 0.6) is 11.5 Å². The van der Waals surface area contributed by atoms with Gasteiger partial charge in [-0.15, -0.1) is 0 Å². The molecule has 0 aliphatic heterocycles. The molecule has 1 aliphatic rings. The monoisotopic (exact) mass is 524 g/mol. The first-order valence-electron chi connectivity index (χ1n) is 14.0. The predicted octanol–water partition coefficient (Wildman–Crippen LogP) is 6.86. The summed E-state index contributed by atoms with van der Waals surface area (Å²) in [6.45, 7) is 11.4. The second kappa shape index (κ2) is 15.5. The van der Waals surface area contributed by atoms with Crippen LogP contribution in [-0.4, -0.2) is 50.9 Å². The van der Waals surface area contributed by atoms with Crippen LogP contribution in [0.1, 0.15) is 79.9 Å². The van der Waals surface area contributed by atoms with E-state index in [2.05, 4.69) is 24.1 Å². The fourth-order valence-electron chi connectivity index (χ4n) is 4.97. The van der Waals surface area contributed by atoms with E-state index in [0.29, 0.717) is 6.61 Å². The lowest BCUT2D eigenvalue weighted by Gasteiger charge is -2.27. The Balaban J connectivity index is 0.000000269. The van der Waals surface area contributed by atoms with E-state index in [4.69, 9.17) is 9.47 Å². The van der Waals surface area contributed by atoms with Crippen LogP contribution >= 0.6 is 0 Å². The number of nitrogens with one attached hydrogen (secondary N) is 1. The fraction of sp³-hybridized carbons (Fsp3) is 0.562. The van der Waals surface area contributed by atoms with Gasteiger partial charge in [0.05, 0.1) is 7.11 Å². The Labute approximate surface area is 230 Å². The highest BCUT2D eigenvalue weighted by atomic mass is 16.5. The minimum Gasteiger partial charge on any atom is -0.496 e. The smallest absolute Gasteiger partial charge is 0.227 e. The minimum absolute atomic E-state index is 0.105. The molecule has 1 amide bonds. The number of ketones is 1. The number of rotatable bonds is 10. The van der Waals surface area contributed by atoms with Crippen molar-refractivity contribution < 1.29 is 19.1 Å². The third-order valence-corrected chi connectivity index (χ3v) is 7.46. The average Bonchev–Trinajstić information content (AvgIpc) is 2.89. The second-order valence-electron chi connectivity index (χ2n) is 10.6. The van der Waals surface area contributed by atoms with Gasteiger partial charge in [0, 0.05) is 29.8 Å². The normalized spacial score (nSPS) is 16.9. The summed E-state index contributed by atoms with van der Waals surface area (Å²) in [6, 6.07) is 9.69. The zero-order valence-corrected chi connectivity index (χ0v) is 24.8. The van der Waals surface area contributed by atoms with Crippen molar-refractivity contribution in [2.45, 2.75) is 73.1 Å². The quantitative estimate of drug-likeness (QED) is 0.344. The number of benzene rings is 2. The van der Waals surface area contributed by atoms with Crippen molar-refractivity contribution in [3.63, 3.8) is 0 Å². The molecule has 0 saturated heterocycles. The molecule has 6 heteroatoms. The lowest BCUT2D eigenvalue weighted by Crippen LogP contribution is -2.27. The second-order valence-corrected chi connectivity index (χ2v) is 10.6. The predicted molar refractivity (Wildman–Crippen MR) is 157 cm³/mol. The van der Waals surface area contributed by atoms with E-state index >= 15 is 0 Å². The van der Waals surface area contributed by atoms with Crippen LogP contribution in [0.4, 0.5) is 5.69 Å². The highest BCUT2D eigenvalue weighted by Gasteiger charge is 2.25. The zero-order valence-electron chi connectivity index (χ0n) is 24.8. The number of carbonyl (C=O) groups excluding carboxylic acids is 2. The number of likely N-dealkylation sites (N-methyl/N-ethyl adjacent to an activating group) is 1. The Kier molecular flexibility index (Phi) is 12.8. The molecule has 210 valence electrons. The highest BCUT2D eigenvalue weighted by Crippen LogP contribution is 2.32. The van der Waals surface area contributed by atoms with Crippen molar-refractivity contribution in [3.8, 4) is 11.5 Å². The fourth-order valence-corrected chi connectivity index (χ4v) is 4.97. The van der Waals surface area contributed by atoms with E-state index in [9.17, 15) is 9.59 Å². The zero-order chi connectivity index (χ0) is 28.2. The third kappa shape index (κ3) is 9.46. The molecule has 0 atom stereocenters. The van der Waals surface area contributed by atoms with Crippen LogP contribution in [0.15, 0.2) is 30.3 Å². The summed E-state index contributed by atoms with van der Waals surface area (Å²) < 4.78 is 11.0. The summed E-state index contributed by atoms with van der Waals surface area (Å²) in [5.41, 5.74) is 4.95. The SMILES string of the molecule is CCC1CCC(C(=O)Nc2ccc(C)c(OC)c2)CC1.CCc1c(C)cc(OCCN(C)C)cc1C(C)=O. The molecule has 0 unspecified atom stereocenters. The molecule has 1 saturated carbocycles. The van der Waals surface area contributed by atoms with E-state index in [0.717, 1.165) is 71.2 Å². The summed E-state index contributed by atoms with van der Waals surface area (Å²) in [5.74, 6) is 2.86. The Bertz CT molecular complexity index is 1060. The first-order chi connectivity index (χ1) is 18.1. The van der Waals surface area contributed by atoms with E-state index in [-0.39, 0.29) is 17.6 Å². The molecular weight excluding hydrogens is 476 g/mol.